The molecule has 0 bridgehead atoms. The van der Waals surface area contributed by atoms with Gasteiger partial charge >= 0.3 is 0 Å². The predicted octanol–water partition coefficient (Wildman–Crippen LogP) is 2.92. The van der Waals surface area contributed by atoms with Gasteiger partial charge in [-0.05, 0) is 35.4 Å². The van der Waals surface area contributed by atoms with Crippen LogP contribution in [-0.4, -0.2) is 68.9 Å². The van der Waals surface area contributed by atoms with E-state index in [9.17, 15) is 4.79 Å². The summed E-state index contributed by atoms with van der Waals surface area (Å²) >= 11 is 1.55. The highest BCUT2D eigenvalue weighted by Crippen LogP contribution is 2.36. The molecule has 2 heterocycles. The van der Waals surface area contributed by atoms with Gasteiger partial charge in [0.05, 0.1) is 24.3 Å². The molecule has 0 saturated carbocycles. The fourth-order valence-electron chi connectivity index (χ4n) is 3.38. The lowest BCUT2D eigenvalue weighted by molar-refractivity contribution is -0.316. The lowest BCUT2D eigenvalue weighted by Gasteiger charge is -2.44. The van der Waals surface area contributed by atoms with Crippen LogP contribution in [0.5, 0.6) is 0 Å². The molecule has 158 valence electrons. The number of hydrogen-bond donors (Lipinski definition) is 0. The Morgan fingerprint density at radius 2 is 1.90 bits per heavy atom. The van der Waals surface area contributed by atoms with Gasteiger partial charge in [0.1, 0.15) is 0 Å². The number of thioether (sulfide) groups is 1. The third-order valence-electron chi connectivity index (χ3n) is 5.11. The van der Waals surface area contributed by atoms with Gasteiger partial charge in [-0.2, -0.15) is 4.68 Å². The lowest BCUT2D eigenvalue weighted by Crippen LogP contribution is -2.49. The maximum absolute atomic E-state index is 12.2. The molecule has 1 aromatic heterocycles. The monoisotopic (exact) mass is 419 g/mol. The van der Waals surface area contributed by atoms with E-state index in [0.29, 0.717) is 23.8 Å². The van der Waals surface area contributed by atoms with Crippen molar-refractivity contribution in [1.29, 1.82) is 0 Å². The topological polar surface area (TPSA) is 82.4 Å². The van der Waals surface area contributed by atoms with Crippen LogP contribution in [0.4, 0.5) is 0 Å². The van der Waals surface area contributed by atoms with E-state index >= 15 is 0 Å². The summed E-state index contributed by atoms with van der Waals surface area (Å²) in [5.41, 5.74) is 0.916. The van der Waals surface area contributed by atoms with Crippen molar-refractivity contribution in [2.45, 2.75) is 62.7 Å². The Kier molecular flexibility index (Phi) is 7.26. The second kappa shape index (κ2) is 9.69. The van der Waals surface area contributed by atoms with Gasteiger partial charge in [-0.15, -0.1) is 5.10 Å². The average molecular weight is 420 g/mol. The van der Waals surface area contributed by atoms with E-state index in [-0.39, 0.29) is 18.1 Å². The Bertz CT molecular complexity index is 794. The molecule has 2 aromatic rings. The standard InChI is InChI=1S/C20H29N5O3S/c1-5-20(6-2)27-16(13-18(26)24(3)4)12-17(28-20)14-29-19-21-22-23-25(19)15-10-8-7-9-11-15/h7-11,16-17H,5-6,12-14H2,1-4H3/t16-,17+/m1/s1. The lowest BCUT2D eigenvalue weighted by atomic mass is 10.0. The van der Waals surface area contributed by atoms with E-state index in [1.807, 2.05) is 30.3 Å². The first-order chi connectivity index (χ1) is 14.0. The summed E-state index contributed by atoms with van der Waals surface area (Å²) in [7, 11) is 3.54. The molecule has 8 nitrogen and oxygen atoms in total. The summed E-state index contributed by atoms with van der Waals surface area (Å²) in [5, 5.41) is 12.8. The normalized spacial score (nSPS) is 21.1. The second-order valence-corrected chi connectivity index (χ2v) is 8.33. The van der Waals surface area contributed by atoms with E-state index in [4.69, 9.17) is 9.47 Å². The number of carbonyl (C=O) groups is 1. The van der Waals surface area contributed by atoms with Gasteiger partial charge in [0, 0.05) is 26.3 Å². The summed E-state index contributed by atoms with van der Waals surface area (Å²) in [6.45, 7) is 4.11. The highest BCUT2D eigenvalue weighted by atomic mass is 32.2. The average Bonchev–Trinajstić information content (AvgIpc) is 3.21. The van der Waals surface area contributed by atoms with Gasteiger partial charge in [0.25, 0.3) is 0 Å². The number of aromatic nitrogens is 4. The summed E-state index contributed by atoms with van der Waals surface area (Å²) in [5.74, 6) is 0.106. The zero-order valence-electron chi connectivity index (χ0n) is 17.4. The maximum atomic E-state index is 12.2. The first kappa shape index (κ1) is 21.7. The zero-order chi connectivity index (χ0) is 20.9. The molecule has 1 aliphatic rings. The Labute approximate surface area is 175 Å². The molecular formula is C20H29N5O3S. The number of amides is 1. The molecule has 29 heavy (non-hydrogen) atoms. The van der Waals surface area contributed by atoms with E-state index in [1.54, 1.807) is 35.4 Å². The molecular weight excluding hydrogens is 390 g/mol. The summed E-state index contributed by atoms with van der Waals surface area (Å²) < 4.78 is 14.3. The minimum Gasteiger partial charge on any atom is -0.349 e. The Balaban J connectivity index is 1.69. The molecule has 1 aliphatic heterocycles. The number of carbonyl (C=O) groups excluding carboxylic acids is 1. The zero-order valence-corrected chi connectivity index (χ0v) is 18.3. The van der Waals surface area contributed by atoms with Crippen LogP contribution in [0.2, 0.25) is 0 Å². The summed E-state index contributed by atoms with van der Waals surface area (Å²) in [4.78, 5) is 13.8. The Morgan fingerprint density at radius 1 is 1.21 bits per heavy atom. The van der Waals surface area contributed by atoms with E-state index < -0.39 is 5.79 Å². The molecule has 1 amide bonds. The van der Waals surface area contributed by atoms with Crippen LogP contribution in [0.1, 0.15) is 39.5 Å². The van der Waals surface area contributed by atoms with Crippen LogP contribution in [-0.2, 0) is 14.3 Å². The largest absolute Gasteiger partial charge is 0.349 e. The van der Waals surface area contributed by atoms with Crippen molar-refractivity contribution in [3.63, 3.8) is 0 Å². The SMILES string of the molecule is CCC1(CC)O[C@H](CSc2nnnn2-c2ccccc2)C[C@H](CC(=O)N(C)C)O1. The third kappa shape index (κ3) is 5.34. The van der Waals surface area contributed by atoms with Gasteiger partial charge in [-0.25, -0.2) is 0 Å². The molecule has 9 heteroatoms. The third-order valence-corrected chi connectivity index (χ3v) is 6.16. The van der Waals surface area contributed by atoms with Gasteiger partial charge in [0.2, 0.25) is 11.1 Å². The smallest absolute Gasteiger partial charge is 0.224 e. The van der Waals surface area contributed by atoms with Crippen LogP contribution in [0.25, 0.3) is 5.69 Å². The number of tetrazole rings is 1. The molecule has 0 aliphatic carbocycles. The van der Waals surface area contributed by atoms with Crippen molar-refractivity contribution >= 4 is 17.7 Å². The van der Waals surface area contributed by atoms with E-state index in [0.717, 1.165) is 18.5 Å². The van der Waals surface area contributed by atoms with Crippen molar-refractivity contribution in [3.05, 3.63) is 30.3 Å². The van der Waals surface area contributed by atoms with Crippen molar-refractivity contribution in [3.8, 4) is 5.69 Å². The second-order valence-electron chi connectivity index (χ2n) is 7.35. The van der Waals surface area contributed by atoms with Crippen molar-refractivity contribution in [2.24, 2.45) is 0 Å². The molecule has 1 aromatic carbocycles. The maximum Gasteiger partial charge on any atom is 0.224 e. The molecule has 3 rings (SSSR count). The van der Waals surface area contributed by atoms with Gasteiger partial charge in [-0.1, -0.05) is 43.8 Å². The first-order valence-corrected chi connectivity index (χ1v) is 11.0. The quantitative estimate of drug-likeness (QED) is 0.609. The molecule has 1 saturated heterocycles. The molecule has 2 atom stereocenters. The fourth-order valence-corrected chi connectivity index (χ4v) is 4.28. The highest BCUT2D eigenvalue weighted by Gasteiger charge is 2.41. The molecule has 0 unspecified atom stereocenters. The minimum atomic E-state index is -0.647. The number of rotatable bonds is 8. The molecule has 0 N–H and O–H groups in total. The summed E-state index contributed by atoms with van der Waals surface area (Å²) in [6, 6.07) is 9.80. The molecule has 0 radical (unpaired) electrons. The molecule has 1 fully saturated rings. The minimum absolute atomic E-state index is 0.0467. The van der Waals surface area contributed by atoms with Crippen LogP contribution < -0.4 is 0 Å². The van der Waals surface area contributed by atoms with Gasteiger partial charge in [0.15, 0.2) is 5.79 Å². The predicted molar refractivity (Wildman–Crippen MR) is 111 cm³/mol. The number of benzene rings is 1. The molecule has 0 spiro atoms. The Hall–Kier alpha value is -1.97. The summed E-state index contributed by atoms with van der Waals surface area (Å²) in [6.07, 6.45) is 2.30. The van der Waals surface area contributed by atoms with Crippen LogP contribution in [0.3, 0.4) is 0 Å². The van der Waals surface area contributed by atoms with E-state index in [2.05, 4.69) is 29.4 Å². The number of hydrogen-bond acceptors (Lipinski definition) is 7. The van der Waals surface area contributed by atoms with Crippen LogP contribution in [0.15, 0.2) is 35.5 Å². The number of ether oxygens (including phenoxy) is 2. The Morgan fingerprint density at radius 3 is 2.55 bits per heavy atom. The first-order valence-electron chi connectivity index (χ1n) is 9.98. The van der Waals surface area contributed by atoms with Crippen LogP contribution in [0, 0.1) is 0 Å². The van der Waals surface area contributed by atoms with Crippen molar-refractivity contribution in [1.82, 2.24) is 25.1 Å². The van der Waals surface area contributed by atoms with Crippen molar-refractivity contribution < 1.29 is 14.3 Å². The van der Waals surface area contributed by atoms with Crippen LogP contribution >= 0.6 is 11.8 Å². The number of para-hydroxylation sites is 1. The van der Waals surface area contributed by atoms with Gasteiger partial charge < -0.3 is 14.4 Å². The fraction of sp³-hybridized carbons (Fsp3) is 0.600. The van der Waals surface area contributed by atoms with Crippen molar-refractivity contribution in [2.75, 3.05) is 19.8 Å². The van der Waals surface area contributed by atoms with E-state index in [1.165, 1.54) is 0 Å². The van der Waals surface area contributed by atoms with Gasteiger partial charge in [-0.3, -0.25) is 4.79 Å². The highest BCUT2D eigenvalue weighted by molar-refractivity contribution is 7.99. The number of nitrogens with zero attached hydrogens (tertiary/aromatic N) is 5.